The molecular formula is C16H21FN2O2. The van der Waals surface area contributed by atoms with Crippen molar-refractivity contribution in [3.05, 3.63) is 35.1 Å². The first-order chi connectivity index (χ1) is 9.84. The van der Waals surface area contributed by atoms with Gasteiger partial charge in [-0.1, -0.05) is 19.9 Å². The van der Waals surface area contributed by atoms with Crippen molar-refractivity contribution in [2.75, 3.05) is 6.54 Å². The number of benzene rings is 1. The third kappa shape index (κ3) is 6.37. The summed E-state index contributed by atoms with van der Waals surface area (Å²) >= 11 is 0. The molecule has 0 aromatic heterocycles. The van der Waals surface area contributed by atoms with Crippen molar-refractivity contribution in [1.82, 2.24) is 5.32 Å². The zero-order chi connectivity index (χ0) is 15.9. The van der Waals surface area contributed by atoms with E-state index < -0.39 is 5.97 Å². The van der Waals surface area contributed by atoms with Gasteiger partial charge in [-0.25, -0.2) is 4.39 Å². The van der Waals surface area contributed by atoms with Gasteiger partial charge in [0.05, 0.1) is 11.6 Å². The molecule has 0 aliphatic rings. The molecule has 0 atom stereocenters. The Balaban J connectivity index is 2.37. The van der Waals surface area contributed by atoms with Gasteiger partial charge in [0.1, 0.15) is 5.82 Å². The number of rotatable bonds is 8. The van der Waals surface area contributed by atoms with Crippen LogP contribution in [0.2, 0.25) is 0 Å². The lowest BCUT2D eigenvalue weighted by molar-refractivity contribution is -0.137. The minimum Gasteiger partial charge on any atom is -0.481 e. The van der Waals surface area contributed by atoms with Crippen LogP contribution in [0.25, 0.3) is 0 Å². The first kappa shape index (κ1) is 17.1. The maximum atomic E-state index is 13.7. The average Bonchev–Trinajstić information content (AvgIpc) is 2.43. The van der Waals surface area contributed by atoms with Crippen LogP contribution in [0.15, 0.2) is 18.2 Å². The summed E-state index contributed by atoms with van der Waals surface area (Å²) in [5.74, 6) is -1.16. The maximum Gasteiger partial charge on any atom is 0.303 e. The molecule has 4 nitrogen and oxygen atoms in total. The fourth-order valence-electron chi connectivity index (χ4n) is 1.98. The summed E-state index contributed by atoms with van der Waals surface area (Å²) in [6, 6.07) is 6.33. The summed E-state index contributed by atoms with van der Waals surface area (Å²) in [6.07, 6.45) is 1.60. The molecular weight excluding hydrogens is 271 g/mol. The number of carboxylic acid groups (broad SMARTS) is 1. The highest BCUT2D eigenvalue weighted by Crippen LogP contribution is 2.26. The third-order valence-electron chi connectivity index (χ3n) is 3.49. The van der Waals surface area contributed by atoms with Crippen molar-refractivity contribution in [3.63, 3.8) is 0 Å². The van der Waals surface area contributed by atoms with Gasteiger partial charge in [0.15, 0.2) is 0 Å². The number of carboxylic acids is 1. The molecule has 0 heterocycles. The van der Waals surface area contributed by atoms with Gasteiger partial charge in [-0.05, 0) is 36.9 Å². The van der Waals surface area contributed by atoms with Crippen LogP contribution in [0.4, 0.5) is 4.39 Å². The van der Waals surface area contributed by atoms with Crippen LogP contribution in [0, 0.1) is 22.6 Å². The largest absolute Gasteiger partial charge is 0.481 e. The summed E-state index contributed by atoms with van der Waals surface area (Å²) < 4.78 is 13.7. The number of nitrogens with zero attached hydrogens (tertiary/aromatic N) is 1. The maximum absolute atomic E-state index is 13.7. The summed E-state index contributed by atoms with van der Waals surface area (Å²) in [4.78, 5) is 10.6. The van der Waals surface area contributed by atoms with Crippen LogP contribution in [-0.4, -0.2) is 17.6 Å². The molecule has 0 bridgehead atoms. The predicted octanol–water partition coefficient (Wildman–Crippen LogP) is 3.07. The van der Waals surface area contributed by atoms with E-state index >= 15 is 0 Å². The van der Waals surface area contributed by atoms with E-state index in [0.29, 0.717) is 30.6 Å². The molecule has 5 heteroatoms. The number of aliphatic carboxylic acids is 1. The van der Waals surface area contributed by atoms with Crippen LogP contribution < -0.4 is 5.32 Å². The van der Waals surface area contributed by atoms with Crippen molar-refractivity contribution in [3.8, 4) is 6.07 Å². The number of nitrogens with one attached hydrogen (secondary N) is 1. The quantitative estimate of drug-likeness (QED) is 0.722. The molecule has 0 aliphatic heterocycles. The lowest BCUT2D eigenvalue weighted by atomic mass is 9.84. The lowest BCUT2D eigenvalue weighted by Crippen LogP contribution is -2.23. The fraction of sp³-hybridized carbons (Fsp3) is 0.500. The van der Waals surface area contributed by atoms with Crippen molar-refractivity contribution < 1.29 is 14.3 Å². The van der Waals surface area contributed by atoms with E-state index in [1.807, 2.05) is 19.9 Å². The van der Waals surface area contributed by atoms with Gasteiger partial charge in [-0.3, -0.25) is 4.79 Å². The Morgan fingerprint density at radius 1 is 1.43 bits per heavy atom. The first-order valence-corrected chi connectivity index (χ1v) is 6.95. The van der Waals surface area contributed by atoms with E-state index in [2.05, 4.69) is 5.32 Å². The number of nitriles is 1. The number of hydrogen-bond acceptors (Lipinski definition) is 3. The lowest BCUT2D eigenvalue weighted by Gasteiger charge is -2.23. The first-order valence-electron chi connectivity index (χ1n) is 6.95. The Kier molecular flexibility index (Phi) is 6.32. The second-order valence-corrected chi connectivity index (χ2v) is 5.90. The van der Waals surface area contributed by atoms with Crippen LogP contribution >= 0.6 is 0 Å². The minimum absolute atomic E-state index is 0.0609. The Hall–Kier alpha value is -1.93. The molecule has 0 unspecified atom stereocenters. The topological polar surface area (TPSA) is 73.1 Å². The second kappa shape index (κ2) is 7.75. The van der Waals surface area contributed by atoms with Gasteiger partial charge < -0.3 is 10.4 Å². The molecule has 21 heavy (non-hydrogen) atoms. The number of hydrogen-bond donors (Lipinski definition) is 2. The van der Waals surface area contributed by atoms with E-state index in [9.17, 15) is 9.18 Å². The standard InChI is InChI=1S/C16H21FN2O2/c1-16(2,6-5-15(20)21)7-8-19-11-13-4-3-12(10-18)9-14(13)17/h3-4,9,19H,5-8,11H2,1-2H3,(H,20,21). The van der Waals surface area contributed by atoms with Crippen LogP contribution in [-0.2, 0) is 11.3 Å². The second-order valence-electron chi connectivity index (χ2n) is 5.90. The van der Waals surface area contributed by atoms with Gasteiger partial charge in [-0.2, -0.15) is 5.26 Å². The Labute approximate surface area is 124 Å². The van der Waals surface area contributed by atoms with E-state index in [-0.39, 0.29) is 17.7 Å². The van der Waals surface area contributed by atoms with Crippen molar-refractivity contribution in [1.29, 1.82) is 5.26 Å². The summed E-state index contributed by atoms with van der Waals surface area (Å²) in [5, 5.41) is 20.5. The van der Waals surface area contributed by atoms with Crippen LogP contribution in [0.5, 0.6) is 0 Å². The molecule has 1 rings (SSSR count). The molecule has 0 fully saturated rings. The van der Waals surface area contributed by atoms with Gasteiger partial charge in [0.2, 0.25) is 0 Å². The highest BCUT2D eigenvalue weighted by atomic mass is 19.1. The van der Waals surface area contributed by atoms with Crippen molar-refractivity contribution in [2.24, 2.45) is 5.41 Å². The Bertz CT molecular complexity index is 536. The normalized spacial score (nSPS) is 11.1. The molecule has 1 aromatic carbocycles. The minimum atomic E-state index is -0.782. The summed E-state index contributed by atoms with van der Waals surface area (Å²) in [6.45, 7) is 5.14. The average molecular weight is 292 g/mol. The highest BCUT2D eigenvalue weighted by Gasteiger charge is 2.18. The molecule has 0 spiro atoms. The monoisotopic (exact) mass is 292 g/mol. The summed E-state index contributed by atoms with van der Waals surface area (Å²) in [5.41, 5.74) is 0.776. The van der Waals surface area contributed by atoms with Crippen molar-refractivity contribution >= 4 is 5.97 Å². The number of carbonyl (C=O) groups is 1. The molecule has 0 aliphatic carbocycles. The van der Waals surface area contributed by atoms with E-state index in [1.54, 1.807) is 12.1 Å². The van der Waals surface area contributed by atoms with Crippen LogP contribution in [0.3, 0.4) is 0 Å². The Morgan fingerprint density at radius 2 is 2.14 bits per heavy atom. The molecule has 114 valence electrons. The zero-order valence-corrected chi connectivity index (χ0v) is 12.4. The molecule has 1 aromatic rings. The van der Waals surface area contributed by atoms with Crippen LogP contribution in [0.1, 0.15) is 44.2 Å². The van der Waals surface area contributed by atoms with E-state index in [1.165, 1.54) is 6.07 Å². The van der Waals surface area contributed by atoms with Gasteiger partial charge in [0, 0.05) is 18.5 Å². The smallest absolute Gasteiger partial charge is 0.303 e. The van der Waals surface area contributed by atoms with E-state index in [0.717, 1.165) is 6.42 Å². The SMILES string of the molecule is CC(C)(CCNCc1ccc(C#N)cc1F)CCC(=O)O. The van der Waals surface area contributed by atoms with E-state index in [4.69, 9.17) is 10.4 Å². The van der Waals surface area contributed by atoms with Gasteiger partial charge in [0.25, 0.3) is 0 Å². The molecule has 2 N–H and O–H groups in total. The summed E-state index contributed by atoms with van der Waals surface area (Å²) in [7, 11) is 0. The van der Waals surface area contributed by atoms with Gasteiger partial charge >= 0.3 is 5.97 Å². The molecule has 0 saturated heterocycles. The van der Waals surface area contributed by atoms with Crippen molar-refractivity contribution in [2.45, 2.75) is 39.7 Å². The zero-order valence-electron chi connectivity index (χ0n) is 12.4. The highest BCUT2D eigenvalue weighted by molar-refractivity contribution is 5.66. The fourth-order valence-corrected chi connectivity index (χ4v) is 1.98. The molecule has 0 amide bonds. The third-order valence-corrected chi connectivity index (χ3v) is 3.49. The van der Waals surface area contributed by atoms with Gasteiger partial charge in [-0.15, -0.1) is 0 Å². The molecule has 0 saturated carbocycles. The predicted molar refractivity (Wildman–Crippen MR) is 78.1 cm³/mol. The Morgan fingerprint density at radius 3 is 2.71 bits per heavy atom. The molecule has 0 radical (unpaired) electrons. The number of halogens is 1.